The Morgan fingerprint density at radius 1 is 1.58 bits per heavy atom. The van der Waals surface area contributed by atoms with Gasteiger partial charge in [0.1, 0.15) is 11.9 Å². The number of imidazole rings is 1. The SMILES string of the molecule is CCC(O)C(O)c1nccn1C. The molecule has 0 spiro atoms. The molecule has 0 saturated heterocycles. The molecule has 4 heteroatoms. The Labute approximate surface area is 71.5 Å². The van der Waals surface area contributed by atoms with Gasteiger partial charge in [0.05, 0.1) is 6.10 Å². The number of aliphatic hydroxyl groups is 2. The molecule has 68 valence electrons. The maximum absolute atomic E-state index is 9.53. The first-order valence-corrected chi connectivity index (χ1v) is 4.00. The zero-order valence-corrected chi connectivity index (χ0v) is 7.31. The van der Waals surface area contributed by atoms with Crippen molar-refractivity contribution < 1.29 is 10.2 Å². The van der Waals surface area contributed by atoms with Crippen LogP contribution in [0.2, 0.25) is 0 Å². The topological polar surface area (TPSA) is 58.3 Å². The van der Waals surface area contributed by atoms with Crippen LogP contribution in [0.1, 0.15) is 25.3 Å². The Balaban J connectivity index is 2.77. The largest absolute Gasteiger partial charge is 0.390 e. The highest BCUT2D eigenvalue weighted by atomic mass is 16.3. The summed E-state index contributed by atoms with van der Waals surface area (Å²) in [4.78, 5) is 3.94. The molecule has 0 amide bonds. The molecule has 2 N–H and O–H groups in total. The second-order valence-corrected chi connectivity index (χ2v) is 2.82. The second kappa shape index (κ2) is 3.69. The van der Waals surface area contributed by atoms with Crippen molar-refractivity contribution in [3.8, 4) is 0 Å². The second-order valence-electron chi connectivity index (χ2n) is 2.82. The number of rotatable bonds is 3. The van der Waals surface area contributed by atoms with Crippen LogP contribution in [-0.4, -0.2) is 25.9 Å². The van der Waals surface area contributed by atoms with Crippen LogP contribution >= 0.6 is 0 Å². The maximum atomic E-state index is 9.53. The Morgan fingerprint density at radius 2 is 2.25 bits per heavy atom. The Kier molecular flexibility index (Phi) is 2.83. The van der Waals surface area contributed by atoms with E-state index in [1.165, 1.54) is 0 Å². The molecule has 1 aromatic rings. The fraction of sp³-hybridized carbons (Fsp3) is 0.625. The maximum Gasteiger partial charge on any atom is 0.140 e. The molecule has 0 fully saturated rings. The van der Waals surface area contributed by atoms with E-state index in [9.17, 15) is 10.2 Å². The van der Waals surface area contributed by atoms with Gasteiger partial charge in [0.15, 0.2) is 0 Å². The van der Waals surface area contributed by atoms with E-state index in [1.807, 2.05) is 6.92 Å². The molecule has 1 heterocycles. The summed E-state index contributed by atoms with van der Waals surface area (Å²) in [5, 5.41) is 18.8. The van der Waals surface area contributed by atoms with Crippen molar-refractivity contribution in [1.29, 1.82) is 0 Å². The number of aromatic nitrogens is 2. The van der Waals surface area contributed by atoms with Crippen LogP contribution < -0.4 is 0 Å². The molecule has 0 aromatic carbocycles. The summed E-state index contributed by atoms with van der Waals surface area (Å²) >= 11 is 0. The van der Waals surface area contributed by atoms with Gasteiger partial charge in [0, 0.05) is 19.4 Å². The van der Waals surface area contributed by atoms with Crippen molar-refractivity contribution >= 4 is 0 Å². The van der Waals surface area contributed by atoms with E-state index in [1.54, 1.807) is 24.0 Å². The van der Waals surface area contributed by atoms with Gasteiger partial charge in [-0.05, 0) is 6.42 Å². The van der Waals surface area contributed by atoms with Gasteiger partial charge in [-0.15, -0.1) is 0 Å². The Morgan fingerprint density at radius 3 is 2.67 bits per heavy atom. The van der Waals surface area contributed by atoms with Crippen LogP contribution in [0.5, 0.6) is 0 Å². The monoisotopic (exact) mass is 170 g/mol. The summed E-state index contributed by atoms with van der Waals surface area (Å²) in [6.45, 7) is 1.82. The van der Waals surface area contributed by atoms with E-state index in [4.69, 9.17) is 0 Å². The fourth-order valence-corrected chi connectivity index (χ4v) is 1.06. The molecule has 2 unspecified atom stereocenters. The van der Waals surface area contributed by atoms with Crippen LogP contribution in [0.3, 0.4) is 0 Å². The third-order valence-corrected chi connectivity index (χ3v) is 1.91. The van der Waals surface area contributed by atoms with Gasteiger partial charge in [-0.1, -0.05) is 6.92 Å². The lowest BCUT2D eigenvalue weighted by Gasteiger charge is -2.15. The predicted octanol–water partition coefficient (Wildman–Crippen LogP) is 0.224. The molecule has 1 rings (SSSR count). The zero-order valence-electron chi connectivity index (χ0n) is 7.31. The first kappa shape index (κ1) is 9.22. The summed E-state index contributed by atoms with van der Waals surface area (Å²) in [5.41, 5.74) is 0. The molecule has 0 aliphatic rings. The van der Waals surface area contributed by atoms with Crippen LogP contribution in [0.4, 0.5) is 0 Å². The van der Waals surface area contributed by atoms with E-state index in [2.05, 4.69) is 4.98 Å². The van der Waals surface area contributed by atoms with Crippen molar-refractivity contribution in [1.82, 2.24) is 9.55 Å². The molecule has 4 nitrogen and oxygen atoms in total. The molecular formula is C8H14N2O2. The number of aliphatic hydroxyl groups excluding tert-OH is 2. The van der Waals surface area contributed by atoms with Crippen molar-refractivity contribution in [2.75, 3.05) is 0 Å². The van der Waals surface area contributed by atoms with Crippen LogP contribution in [0.25, 0.3) is 0 Å². The van der Waals surface area contributed by atoms with Gasteiger partial charge in [-0.25, -0.2) is 4.98 Å². The quantitative estimate of drug-likeness (QED) is 0.682. The molecule has 0 bridgehead atoms. The summed E-state index contributed by atoms with van der Waals surface area (Å²) < 4.78 is 1.70. The minimum atomic E-state index is -0.880. The summed E-state index contributed by atoms with van der Waals surface area (Å²) in [7, 11) is 1.79. The minimum absolute atomic E-state index is 0.504. The number of hydrogen-bond donors (Lipinski definition) is 2. The lowest BCUT2D eigenvalue weighted by Crippen LogP contribution is -2.20. The average molecular weight is 170 g/mol. The Hall–Kier alpha value is -0.870. The summed E-state index contributed by atoms with van der Waals surface area (Å²) in [6.07, 6.45) is 2.25. The smallest absolute Gasteiger partial charge is 0.140 e. The van der Waals surface area contributed by atoms with Gasteiger partial charge < -0.3 is 14.8 Å². The zero-order chi connectivity index (χ0) is 9.14. The molecule has 0 radical (unpaired) electrons. The van der Waals surface area contributed by atoms with Crippen molar-refractivity contribution in [2.45, 2.75) is 25.6 Å². The molecule has 12 heavy (non-hydrogen) atoms. The van der Waals surface area contributed by atoms with E-state index in [0.717, 1.165) is 0 Å². The minimum Gasteiger partial charge on any atom is -0.390 e. The lowest BCUT2D eigenvalue weighted by atomic mass is 10.1. The number of hydrogen-bond acceptors (Lipinski definition) is 3. The molecule has 0 saturated carbocycles. The summed E-state index contributed by atoms with van der Waals surface area (Å²) in [5.74, 6) is 0.504. The van der Waals surface area contributed by atoms with E-state index in [-0.39, 0.29) is 0 Å². The third-order valence-electron chi connectivity index (χ3n) is 1.91. The highest BCUT2D eigenvalue weighted by Gasteiger charge is 2.19. The molecule has 0 aliphatic heterocycles. The first-order chi connectivity index (χ1) is 5.66. The summed E-state index contributed by atoms with van der Waals surface area (Å²) in [6, 6.07) is 0. The molecular weight excluding hydrogens is 156 g/mol. The van der Waals surface area contributed by atoms with Crippen LogP contribution in [-0.2, 0) is 7.05 Å². The number of nitrogens with zero attached hydrogens (tertiary/aromatic N) is 2. The first-order valence-electron chi connectivity index (χ1n) is 4.00. The Bertz CT molecular complexity index is 247. The van der Waals surface area contributed by atoms with Crippen molar-refractivity contribution in [2.24, 2.45) is 7.05 Å². The van der Waals surface area contributed by atoms with Crippen LogP contribution in [0.15, 0.2) is 12.4 Å². The van der Waals surface area contributed by atoms with Crippen LogP contribution in [0, 0.1) is 0 Å². The van der Waals surface area contributed by atoms with Gasteiger partial charge >= 0.3 is 0 Å². The standard InChI is InChI=1S/C8H14N2O2/c1-3-6(11)7(12)8-9-4-5-10(8)2/h4-7,11-12H,3H2,1-2H3. The highest BCUT2D eigenvalue weighted by molar-refractivity contribution is 4.97. The van der Waals surface area contributed by atoms with Gasteiger partial charge in [0.25, 0.3) is 0 Å². The number of aryl methyl sites for hydroxylation is 1. The highest BCUT2D eigenvalue weighted by Crippen LogP contribution is 2.15. The lowest BCUT2D eigenvalue weighted by molar-refractivity contribution is 0.00964. The van der Waals surface area contributed by atoms with Gasteiger partial charge in [0.2, 0.25) is 0 Å². The van der Waals surface area contributed by atoms with Gasteiger partial charge in [-0.2, -0.15) is 0 Å². The van der Waals surface area contributed by atoms with Gasteiger partial charge in [-0.3, -0.25) is 0 Å². The molecule has 1 aromatic heterocycles. The predicted molar refractivity (Wildman–Crippen MR) is 44.5 cm³/mol. The van der Waals surface area contributed by atoms with E-state index < -0.39 is 12.2 Å². The van der Waals surface area contributed by atoms with Crippen molar-refractivity contribution in [3.05, 3.63) is 18.2 Å². The fourth-order valence-electron chi connectivity index (χ4n) is 1.06. The van der Waals surface area contributed by atoms with Crippen molar-refractivity contribution in [3.63, 3.8) is 0 Å². The molecule has 2 atom stereocenters. The van der Waals surface area contributed by atoms with E-state index >= 15 is 0 Å². The normalized spacial score (nSPS) is 16.0. The van der Waals surface area contributed by atoms with E-state index in [0.29, 0.717) is 12.2 Å². The molecule has 0 aliphatic carbocycles. The average Bonchev–Trinajstić information content (AvgIpc) is 2.48. The third kappa shape index (κ3) is 1.65.